The summed E-state index contributed by atoms with van der Waals surface area (Å²) < 4.78 is 15.9. The summed E-state index contributed by atoms with van der Waals surface area (Å²) in [5.74, 6) is -1.90. The van der Waals surface area contributed by atoms with Crippen LogP contribution in [0.25, 0.3) is 0 Å². The first-order valence-electron chi connectivity index (χ1n) is 6.09. The summed E-state index contributed by atoms with van der Waals surface area (Å²) in [6.07, 6.45) is -0.130. The number of ketones is 1. The third kappa shape index (κ3) is 6.10. The van der Waals surface area contributed by atoms with Crippen molar-refractivity contribution in [2.24, 2.45) is 5.73 Å². The van der Waals surface area contributed by atoms with Crippen molar-refractivity contribution in [1.29, 1.82) is 0 Å². The molecular formula is C13H18NO5P. The van der Waals surface area contributed by atoms with E-state index in [0.717, 1.165) is 5.56 Å². The van der Waals surface area contributed by atoms with E-state index in [-0.39, 0.29) is 19.2 Å². The Kier molecular flexibility index (Phi) is 6.07. The molecule has 0 aliphatic heterocycles. The molecule has 0 radical (unpaired) electrons. The molecular weight excluding hydrogens is 281 g/mol. The number of nitrogens with two attached hydrogens (primary N) is 1. The van der Waals surface area contributed by atoms with Gasteiger partial charge in [-0.2, -0.15) is 0 Å². The van der Waals surface area contributed by atoms with Crippen molar-refractivity contribution in [2.45, 2.75) is 19.1 Å². The van der Waals surface area contributed by atoms with Crippen LogP contribution in [-0.4, -0.2) is 35.5 Å². The van der Waals surface area contributed by atoms with Crippen LogP contribution in [0.4, 0.5) is 0 Å². The van der Waals surface area contributed by atoms with E-state index in [1.165, 1.54) is 6.66 Å². The molecule has 0 saturated heterocycles. The van der Waals surface area contributed by atoms with Crippen molar-refractivity contribution in [2.75, 3.05) is 12.8 Å². The Morgan fingerprint density at radius 2 is 1.95 bits per heavy atom. The van der Waals surface area contributed by atoms with Crippen LogP contribution >= 0.6 is 7.37 Å². The van der Waals surface area contributed by atoms with Gasteiger partial charge in [-0.25, -0.2) is 4.79 Å². The molecule has 110 valence electrons. The zero-order valence-corrected chi connectivity index (χ0v) is 12.1. The van der Waals surface area contributed by atoms with E-state index in [0.29, 0.717) is 0 Å². The summed E-state index contributed by atoms with van der Waals surface area (Å²) in [4.78, 5) is 32.2. The molecule has 6 nitrogen and oxygen atoms in total. The fourth-order valence-corrected chi connectivity index (χ4v) is 2.21. The first kappa shape index (κ1) is 16.6. The van der Waals surface area contributed by atoms with Gasteiger partial charge in [-0.3, -0.25) is 9.36 Å². The smallest absolute Gasteiger partial charge is 0.376 e. The van der Waals surface area contributed by atoms with Crippen LogP contribution in [0.2, 0.25) is 0 Å². The highest BCUT2D eigenvalue weighted by atomic mass is 31.2. The highest BCUT2D eigenvalue weighted by Gasteiger charge is 2.25. The summed E-state index contributed by atoms with van der Waals surface area (Å²) >= 11 is 0. The molecule has 0 amide bonds. The van der Waals surface area contributed by atoms with Crippen LogP contribution in [0.15, 0.2) is 30.3 Å². The van der Waals surface area contributed by atoms with E-state index >= 15 is 0 Å². The number of carbonyl (C=O) groups excluding carboxylic acids is 2. The van der Waals surface area contributed by atoms with E-state index in [2.05, 4.69) is 0 Å². The van der Waals surface area contributed by atoms with Gasteiger partial charge in [-0.1, -0.05) is 30.3 Å². The van der Waals surface area contributed by atoms with Gasteiger partial charge in [-0.15, -0.1) is 0 Å². The summed E-state index contributed by atoms with van der Waals surface area (Å²) in [6, 6.07) is 7.81. The number of benzene rings is 1. The molecule has 0 fully saturated rings. The van der Waals surface area contributed by atoms with Crippen molar-refractivity contribution >= 4 is 19.1 Å². The lowest BCUT2D eigenvalue weighted by Crippen LogP contribution is -2.37. The van der Waals surface area contributed by atoms with Gasteiger partial charge in [-0.05, 0) is 12.0 Å². The largest absolute Gasteiger partial charge is 0.455 e. The number of Topliss-reactive ketones (excluding diaryl/α,β-unsaturated/α-hetero) is 1. The van der Waals surface area contributed by atoms with Gasteiger partial charge in [0, 0.05) is 12.8 Å². The van der Waals surface area contributed by atoms with Gasteiger partial charge in [0.25, 0.3) is 5.78 Å². The zero-order chi connectivity index (χ0) is 15.2. The zero-order valence-electron chi connectivity index (χ0n) is 11.2. The third-order valence-corrected chi connectivity index (χ3v) is 3.69. The van der Waals surface area contributed by atoms with Crippen LogP contribution in [0.5, 0.6) is 0 Å². The summed E-state index contributed by atoms with van der Waals surface area (Å²) in [6.45, 7) is 1.17. The van der Waals surface area contributed by atoms with Crippen molar-refractivity contribution in [3.8, 4) is 0 Å². The fourth-order valence-electron chi connectivity index (χ4n) is 1.46. The second-order valence-electron chi connectivity index (χ2n) is 4.60. The molecule has 0 aliphatic rings. The molecule has 2 atom stereocenters. The summed E-state index contributed by atoms with van der Waals surface area (Å²) in [5.41, 5.74) is 6.27. The number of rotatable bonds is 7. The van der Waals surface area contributed by atoms with Crippen LogP contribution < -0.4 is 5.73 Å². The average Bonchev–Trinajstić information content (AvgIpc) is 2.41. The van der Waals surface area contributed by atoms with Crippen molar-refractivity contribution < 1.29 is 23.8 Å². The van der Waals surface area contributed by atoms with Crippen molar-refractivity contribution in [3.63, 3.8) is 0 Å². The van der Waals surface area contributed by atoms with Gasteiger partial charge >= 0.3 is 5.97 Å². The fraction of sp³-hybridized carbons (Fsp3) is 0.385. The van der Waals surface area contributed by atoms with E-state index in [4.69, 9.17) is 15.4 Å². The van der Waals surface area contributed by atoms with Gasteiger partial charge in [0.15, 0.2) is 7.37 Å². The molecule has 1 aromatic rings. The topological polar surface area (TPSA) is 107 Å². The predicted octanol–water partition coefficient (Wildman–Crippen LogP) is 0.916. The number of esters is 1. The van der Waals surface area contributed by atoms with Crippen LogP contribution in [0.1, 0.15) is 12.0 Å². The number of hydrogen-bond acceptors (Lipinski definition) is 5. The Balaban J connectivity index is 2.42. The van der Waals surface area contributed by atoms with Crippen LogP contribution in [-0.2, 0) is 25.5 Å². The highest BCUT2D eigenvalue weighted by Crippen LogP contribution is 2.35. The Morgan fingerprint density at radius 3 is 2.50 bits per heavy atom. The normalized spacial score (nSPS) is 15.2. The minimum absolute atomic E-state index is 0.00952. The lowest BCUT2D eigenvalue weighted by Gasteiger charge is -2.11. The number of hydrogen-bond donors (Lipinski definition) is 2. The van der Waals surface area contributed by atoms with Gasteiger partial charge in [0.05, 0.1) is 6.04 Å². The summed E-state index contributed by atoms with van der Waals surface area (Å²) in [7, 11) is -3.24. The van der Waals surface area contributed by atoms with E-state index in [1.807, 2.05) is 6.07 Å². The molecule has 1 aromatic carbocycles. The van der Waals surface area contributed by atoms with Gasteiger partial charge in [0.1, 0.15) is 6.61 Å². The first-order valence-corrected chi connectivity index (χ1v) is 8.38. The van der Waals surface area contributed by atoms with E-state index in [1.54, 1.807) is 24.3 Å². The standard InChI is InChI=1S/C13H18NO5P/c1-20(17,18)8-7-11(14)12(15)13(16)19-9-10-5-3-2-4-6-10/h2-6,11H,7-9,14H2,1H3,(H,17,18). The Hall–Kier alpha value is -1.49. The Morgan fingerprint density at radius 1 is 1.35 bits per heavy atom. The van der Waals surface area contributed by atoms with Crippen LogP contribution in [0.3, 0.4) is 0 Å². The minimum Gasteiger partial charge on any atom is -0.455 e. The molecule has 0 spiro atoms. The molecule has 0 heterocycles. The lowest BCUT2D eigenvalue weighted by molar-refractivity contribution is -0.155. The number of carbonyl (C=O) groups is 2. The molecule has 20 heavy (non-hydrogen) atoms. The molecule has 0 bridgehead atoms. The maximum absolute atomic E-state index is 11.6. The monoisotopic (exact) mass is 299 g/mol. The van der Waals surface area contributed by atoms with Gasteiger partial charge in [0.2, 0.25) is 0 Å². The highest BCUT2D eigenvalue weighted by molar-refractivity contribution is 7.57. The lowest BCUT2D eigenvalue weighted by atomic mass is 10.1. The second-order valence-corrected chi connectivity index (χ2v) is 7.14. The first-order chi connectivity index (χ1) is 9.29. The van der Waals surface area contributed by atoms with E-state index in [9.17, 15) is 14.2 Å². The molecule has 7 heteroatoms. The molecule has 3 N–H and O–H groups in total. The third-order valence-electron chi connectivity index (χ3n) is 2.61. The minimum atomic E-state index is -3.24. The second kappa shape index (κ2) is 7.33. The Bertz CT molecular complexity index is 511. The molecule has 0 aliphatic carbocycles. The SMILES string of the molecule is CP(=O)(O)CCC(N)C(=O)C(=O)OCc1ccccc1. The van der Waals surface area contributed by atoms with E-state index < -0.39 is 25.2 Å². The Labute approximate surface area is 117 Å². The van der Waals surface area contributed by atoms with Gasteiger partial charge < -0.3 is 15.4 Å². The van der Waals surface area contributed by atoms with Crippen molar-refractivity contribution in [1.82, 2.24) is 0 Å². The van der Waals surface area contributed by atoms with Crippen LogP contribution in [0, 0.1) is 0 Å². The predicted molar refractivity (Wildman–Crippen MR) is 74.5 cm³/mol. The molecule has 0 aromatic heterocycles. The molecule has 2 unspecified atom stereocenters. The molecule has 1 rings (SSSR count). The summed E-state index contributed by atoms with van der Waals surface area (Å²) in [5, 5.41) is 0. The average molecular weight is 299 g/mol. The quantitative estimate of drug-likeness (QED) is 0.440. The van der Waals surface area contributed by atoms with Crippen molar-refractivity contribution in [3.05, 3.63) is 35.9 Å². The molecule has 0 saturated carbocycles. The maximum Gasteiger partial charge on any atom is 0.376 e. The number of ether oxygens (including phenoxy) is 1. The maximum atomic E-state index is 11.6.